The van der Waals surface area contributed by atoms with Crippen LogP contribution in [0.3, 0.4) is 0 Å². The number of H-pyrrole nitrogens is 1. The topological polar surface area (TPSA) is 97.1 Å². The predicted molar refractivity (Wildman–Crippen MR) is 102 cm³/mol. The Morgan fingerprint density at radius 1 is 1.39 bits per heavy atom. The fourth-order valence-corrected chi connectivity index (χ4v) is 4.48. The number of nitrogens with zero attached hydrogens (tertiary/aromatic N) is 4. The zero-order chi connectivity index (χ0) is 19.5. The summed E-state index contributed by atoms with van der Waals surface area (Å²) in [7, 11) is 1.66. The summed E-state index contributed by atoms with van der Waals surface area (Å²) in [4.78, 5) is 19.6. The summed E-state index contributed by atoms with van der Waals surface area (Å²) in [5, 5.41) is 11.2. The average Bonchev–Trinajstić information content (AvgIpc) is 3.35. The van der Waals surface area contributed by atoms with Gasteiger partial charge in [-0.25, -0.2) is 0 Å². The molecule has 0 spiro atoms. The molecule has 8 nitrogen and oxygen atoms in total. The average molecular weight is 387 g/mol. The van der Waals surface area contributed by atoms with Gasteiger partial charge in [-0.1, -0.05) is 12.1 Å². The third-order valence-electron chi connectivity index (χ3n) is 6.03. The van der Waals surface area contributed by atoms with E-state index in [1.165, 1.54) is 5.56 Å². The number of hydrogen-bond donors (Lipinski definition) is 1. The first-order chi connectivity index (χ1) is 13.6. The fraction of sp³-hybridized carbons (Fsp3) is 0.700. The van der Waals surface area contributed by atoms with Gasteiger partial charge in [0.2, 0.25) is 11.8 Å². The van der Waals surface area contributed by atoms with Gasteiger partial charge in [-0.05, 0) is 43.1 Å². The number of amides is 1. The van der Waals surface area contributed by atoms with Gasteiger partial charge >= 0.3 is 0 Å². The molecule has 2 atom stereocenters. The summed E-state index contributed by atoms with van der Waals surface area (Å²) in [5.74, 6) is 2.56. The minimum absolute atomic E-state index is 0.0721. The van der Waals surface area contributed by atoms with Crippen LogP contribution >= 0.6 is 0 Å². The number of aromatic nitrogens is 4. The lowest BCUT2D eigenvalue weighted by molar-refractivity contribution is -0.135. The van der Waals surface area contributed by atoms with Crippen molar-refractivity contribution >= 4 is 5.91 Å². The van der Waals surface area contributed by atoms with E-state index < -0.39 is 0 Å². The molecule has 1 saturated heterocycles. The molecule has 0 aromatic carbocycles. The Morgan fingerprint density at radius 3 is 3.00 bits per heavy atom. The van der Waals surface area contributed by atoms with Crippen molar-refractivity contribution in [3.8, 4) is 0 Å². The molecule has 0 saturated carbocycles. The van der Waals surface area contributed by atoms with Crippen LogP contribution in [0.4, 0.5) is 0 Å². The number of likely N-dealkylation sites (tertiary alicyclic amines) is 1. The van der Waals surface area contributed by atoms with Crippen LogP contribution in [-0.2, 0) is 28.8 Å². The van der Waals surface area contributed by atoms with Crippen molar-refractivity contribution in [3.05, 3.63) is 29.2 Å². The first kappa shape index (κ1) is 19.1. The van der Waals surface area contributed by atoms with E-state index in [-0.39, 0.29) is 11.8 Å². The zero-order valence-corrected chi connectivity index (χ0v) is 16.7. The highest BCUT2D eigenvalue weighted by Gasteiger charge is 2.35. The van der Waals surface area contributed by atoms with Gasteiger partial charge in [0.05, 0.1) is 24.4 Å². The molecular weight excluding hydrogens is 358 g/mol. The van der Waals surface area contributed by atoms with E-state index in [0.717, 1.165) is 50.9 Å². The second-order valence-electron chi connectivity index (χ2n) is 8.23. The van der Waals surface area contributed by atoms with Crippen LogP contribution in [-0.4, -0.2) is 58.0 Å². The SMILES string of the molecule is COCCc1noc(CC2CCN(C(=O)C3CC(C)Cc4cn[nH]c43)CC2)n1. The second-order valence-corrected chi connectivity index (χ2v) is 8.23. The Bertz CT molecular complexity index is 793. The lowest BCUT2D eigenvalue weighted by atomic mass is 9.80. The number of ether oxygens (including phenoxy) is 1. The van der Waals surface area contributed by atoms with Crippen molar-refractivity contribution in [2.45, 2.75) is 51.4 Å². The molecule has 1 N–H and O–H groups in total. The number of rotatable bonds is 6. The molecule has 2 aliphatic rings. The molecular formula is C20H29N5O3. The predicted octanol–water partition coefficient (Wildman–Crippen LogP) is 2.13. The quantitative estimate of drug-likeness (QED) is 0.815. The van der Waals surface area contributed by atoms with Crippen molar-refractivity contribution < 1.29 is 14.1 Å². The standard InChI is InChI=1S/C20H29N5O3/c1-13-9-15-12-21-23-19(15)16(10-13)20(26)25-6-3-14(4-7-25)11-18-22-17(24-28-18)5-8-27-2/h12-14,16H,3-11H2,1-2H3,(H,21,23). The number of hydrogen-bond acceptors (Lipinski definition) is 6. The van der Waals surface area contributed by atoms with Crippen LogP contribution in [0.15, 0.2) is 10.7 Å². The maximum atomic E-state index is 13.2. The highest BCUT2D eigenvalue weighted by molar-refractivity contribution is 5.84. The fourth-order valence-electron chi connectivity index (χ4n) is 4.48. The minimum atomic E-state index is -0.0721. The van der Waals surface area contributed by atoms with Gasteiger partial charge in [0.25, 0.3) is 0 Å². The van der Waals surface area contributed by atoms with Crippen LogP contribution in [0.5, 0.6) is 0 Å². The molecule has 1 fully saturated rings. The third-order valence-corrected chi connectivity index (χ3v) is 6.03. The molecule has 4 rings (SSSR count). The van der Waals surface area contributed by atoms with E-state index >= 15 is 0 Å². The van der Waals surface area contributed by atoms with Gasteiger partial charge in [0, 0.05) is 33.0 Å². The van der Waals surface area contributed by atoms with Crippen molar-refractivity contribution in [2.24, 2.45) is 11.8 Å². The summed E-state index contributed by atoms with van der Waals surface area (Å²) >= 11 is 0. The van der Waals surface area contributed by atoms with Gasteiger partial charge in [-0.3, -0.25) is 9.89 Å². The Balaban J connectivity index is 1.31. The number of aromatic amines is 1. The van der Waals surface area contributed by atoms with Crippen LogP contribution in [0.25, 0.3) is 0 Å². The van der Waals surface area contributed by atoms with Gasteiger partial charge in [-0.15, -0.1) is 0 Å². The van der Waals surface area contributed by atoms with Gasteiger partial charge in [0.15, 0.2) is 5.82 Å². The van der Waals surface area contributed by atoms with Crippen molar-refractivity contribution in [1.82, 2.24) is 25.2 Å². The second kappa shape index (κ2) is 8.43. The molecule has 1 aliphatic carbocycles. The summed E-state index contributed by atoms with van der Waals surface area (Å²) in [6.45, 7) is 4.40. The largest absolute Gasteiger partial charge is 0.384 e. The molecule has 2 unspecified atom stereocenters. The first-order valence-corrected chi connectivity index (χ1v) is 10.2. The van der Waals surface area contributed by atoms with E-state index in [9.17, 15) is 4.79 Å². The van der Waals surface area contributed by atoms with Gasteiger partial charge in [0.1, 0.15) is 0 Å². The summed E-state index contributed by atoms with van der Waals surface area (Å²) < 4.78 is 10.4. The molecule has 3 heterocycles. The summed E-state index contributed by atoms with van der Waals surface area (Å²) in [5.41, 5.74) is 2.23. The molecule has 0 radical (unpaired) electrons. The molecule has 28 heavy (non-hydrogen) atoms. The maximum absolute atomic E-state index is 13.2. The monoisotopic (exact) mass is 387 g/mol. The number of nitrogens with one attached hydrogen (secondary N) is 1. The number of carbonyl (C=O) groups is 1. The van der Waals surface area contributed by atoms with Crippen molar-refractivity contribution in [3.63, 3.8) is 0 Å². The van der Waals surface area contributed by atoms with Crippen LogP contribution in [0.2, 0.25) is 0 Å². The molecule has 8 heteroatoms. The maximum Gasteiger partial charge on any atom is 0.231 e. The van der Waals surface area contributed by atoms with E-state index in [1.807, 2.05) is 11.1 Å². The molecule has 152 valence electrons. The highest BCUT2D eigenvalue weighted by atomic mass is 16.5. The molecule has 1 amide bonds. The summed E-state index contributed by atoms with van der Waals surface area (Å²) in [6, 6.07) is 0. The number of piperidine rings is 1. The molecule has 1 aliphatic heterocycles. The Labute approximate surface area is 165 Å². The molecule has 2 aromatic rings. The summed E-state index contributed by atoms with van der Waals surface area (Å²) in [6.07, 6.45) is 7.19. The smallest absolute Gasteiger partial charge is 0.231 e. The van der Waals surface area contributed by atoms with Crippen molar-refractivity contribution in [2.75, 3.05) is 26.8 Å². The lowest BCUT2D eigenvalue weighted by Crippen LogP contribution is -2.42. The first-order valence-electron chi connectivity index (χ1n) is 10.2. The Hall–Kier alpha value is -2.22. The number of carbonyl (C=O) groups excluding carboxylic acids is 1. The third kappa shape index (κ3) is 4.11. The van der Waals surface area contributed by atoms with E-state index in [4.69, 9.17) is 9.26 Å². The van der Waals surface area contributed by atoms with Crippen LogP contribution in [0, 0.1) is 11.8 Å². The van der Waals surface area contributed by atoms with Crippen LogP contribution < -0.4 is 0 Å². The van der Waals surface area contributed by atoms with E-state index in [0.29, 0.717) is 36.6 Å². The number of fused-ring (bicyclic) bond motifs is 1. The molecule has 2 aromatic heterocycles. The number of methoxy groups -OCH3 is 1. The van der Waals surface area contributed by atoms with Crippen molar-refractivity contribution in [1.29, 1.82) is 0 Å². The van der Waals surface area contributed by atoms with Gasteiger partial charge in [-0.2, -0.15) is 10.1 Å². The minimum Gasteiger partial charge on any atom is -0.384 e. The van der Waals surface area contributed by atoms with Crippen LogP contribution in [0.1, 0.15) is 55.1 Å². The van der Waals surface area contributed by atoms with E-state index in [2.05, 4.69) is 27.3 Å². The Kier molecular flexibility index (Phi) is 5.75. The molecule has 0 bridgehead atoms. The van der Waals surface area contributed by atoms with E-state index in [1.54, 1.807) is 7.11 Å². The lowest BCUT2D eigenvalue weighted by Gasteiger charge is -2.35. The highest BCUT2D eigenvalue weighted by Crippen LogP contribution is 2.35. The Morgan fingerprint density at radius 2 is 2.21 bits per heavy atom. The normalized spacial score (nSPS) is 23.0. The van der Waals surface area contributed by atoms with Gasteiger partial charge < -0.3 is 14.2 Å². The zero-order valence-electron chi connectivity index (χ0n) is 16.7.